The highest BCUT2D eigenvalue weighted by Gasteiger charge is 2.25. The van der Waals surface area contributed by atoms with Gasteiger partial charge < -0.3 is 5.11 Å². The van der Waals surface area contributed by atoms with E-state index in [0.717, 1.165) is 25.2 Å². The number of nitrogens with zero attached hydrogens (tertiary/aromatic N) is 1. The average Bonchev–Trinajstić information content (AvgIpc) is 2.42. The Kier molecular flexibility index (Phi) is 4.80. The van der Waals surface area contributed by atoms with Crippen molar-refractivity contribution in [1.82, 2.24) is 4.90 Å². The Labute approximate surface area is 120 Å². The minimum Gasteiger partial charge on any atom is -0.384 e. The zero-order chi connectivity index (χ0) is 14.6. The minimum absolute atomic E-state index is 0.245. The second-order valence-electron chi connectivity index (χ2n) is 6.21. The summed E-state index contributed by atoms with van der Waals surface area (Å²) in [5.41, 5.74) is 1.89. The van der Waals surface area contributed by atoms with E-state index in [-0.39, 0.29) is 12.4 Å². The fourth-order valence-electron chi connectivity index (χ4n) is 2.48. The van der Waals surface area contributed by atoms with Crippen LogP contribution in [-0.4, -0.2) is 29.7 Å². The molecule has 1 aliphatic heterocycles. The van der Waals surface area contributed by atoms with E-state index in [0.29, 0.717) is 11.0 Å². The van der Waals surface area contributed by atoms with E-state index in [1.807, 2.05) is 6.07 Å². The number of aliphatic hydroxyl groups excluding tert-OH is 1. The monoisotopic (exact) mass is 275 g/mol. The molecule has 108 valence electrons. The van der Waals surface area contributed by atoms with E-state index in [4.69, 9.17) is 5.11 Å². The van der Waals surface area contributed by atoms with E-state index in [1.54, 1.807) is 6.07 Å². The van der Waals surface area contributed by atoms with Gasteiger partial charge in [0.1, 0.15) is 12.4 Å². The Morgan fingerprint density at radius 2 is 2.00 bits per heavy atom. The van der Waals surface area contributed by atoms with Crippen molar-refractivity contribution in [2.75, 3.05) is 19.7 Å². The number of hydrogen-bond acceptors (Lipinski definition) is 2. The maximum atomic E-state index is 13.6. The molecule has 0 aromatic heterocycles. The molecule has 2 nitrogen and oxygen atoms in total. The standard InChI is InChI=1S/C17H22FNO/c1-17(2)7-9-19(10-8-17)13-14-5-6-16(18)15(12-14)4-3-11-20/h5-6,12,20H,7-11,13H2,1-2H3. The van der Waals surface area contributed by atoms with Crippen LogP contribution in [0.1, 0.15) is 37.8 Å². The maximum Gasteiger partial charge on any atom is 0.138 e. The summed E-state index contributed by atoms with van der Waals surface area (Å²) in [4.78, 5) is 2.40. The molecule has 0 radical (unpaired) electrons. The average molecular weight is 275 g/mol. The van der Waals surface area contributed by atoms with E-state index in [2.05, 4.69) is 30.6 Å². The van der Waals surface area contributed by atoms with Crippen molar-refractivity contribution in [2.45, 2.75) is 33.2 Å². The summed E-state index contributed by atoms with van der Waals surface area (Å²) in [5, 5.41) is 8.69. The third kappa shape index (κ3) is 4.06. The normalized spacial score (nSPS) is 18.4. The van der Waals surface area contributed by atoms with E-state index in [9.17, 15) is 4.39 Å². The van der Waals surface area contributed by atoms with Gasteiger partial charge >= 0.3 is 0 Å². The molecule has 1 N–H and O–H groups in total. The molecule has 0 atom stereocenters. The highest BCUT2D eigenvalue weighted by Crippen LogP contribution is 2.30. The van der Waals surface area contributed by atoms with Gasteiger partial charge in [-0.2, -0.15) is 0 Å². The van der Waals surface area contributed by atoms with E-state index < -0.39 is 0 Å². The first-order chi connectivity index (χ1) is 9.50. The van der Waals surface area contributed by atoms with Crippen LogP contribution in [0.3, 0.4) is 0 Å². The Balaban J connectivity index is 2.03. The van der Waals surface area contributed by atoms with Crippen molar-refractivity contribution < 1.29 is 9.50 Å². The molecule has 1 aromatic carbocycles. The molecular weight excluding hydrogens is 253 g/mol. The summed E-state index contributed by atoms with van der Waals surface area (Å²) >= 11 is 0. The van der Waals surface area contributed by atoms with Crippen molar-refractivity contribution >= 4 is 0 Å². The van der Waals surface area contributed by atoms with Gasteiger partial charge in [-0.15, -0.1) is 0 Å². The van der Waals surface area contributed by atoms with Crippen LogP contribution in [-0.2, 0) is 6.54 Å². The molecule has 1 fully saturated rings. The Morgan fingerprint density at radius 3 is 2.65 bits per heavy atom. The molecule has 0 bridgehead atoms. The number of piperidine rings is 1. The lowest BCUT2D eigenvalue weighted by Gasteiger charge is -2.36. The number of rotatable bonds is 2. The van der Waals surface area contributed by atoms with Gasteiger partial charge in [0.25, 0.3) is 0 Å². The zero-order valence-corrected chi connectivity index (χ0v) is 12.2. The molecular formula is C17H22FNO. The van der Waals surface area contributed by atoms with Gasteiger partial charge in [-0.05, 0) is 49.0 Å². The largest absolute Gasteiger partial charge is 0.384 e. The van der Waals surface area contributed by atoms with Gasteiger partial charge in [0.2, 0.25) is 0 Å². The number of halogens is 1. The summed E-state index contributed by atoms with van der Waals surface area (Å²) in [6, 6.07) is 5.07. The maximum absolute atomic E-state index is 13.6. The smallest absolute Gasteiger partial charge is 0.138 e. The molecule has 20 heavy (non-hydrogen) atoms. The van der Waals surface area contributed by atoms with Gasteiger partial charge in [-0.1, -0.05) is 31.8 Å². The van der Waals surface area contributed by atoms with Crippen LogP contribution in [0.5, 0.6) is 0 Å². The minimum atomic E-state index is -0.325. The molecule has 0 saturated carbocycles. The van der Waals surface area contributed by atoms with Gasteiger partial charge in [0.05, 0.1) is 5.56 Å². The second kappa shape index (κ2) is 6.39. The predicted molar refractivity (Wildman–Crippen MR) is 78.7 cm³/mol. The summed E-state index contributed by atoms with van der Waals surface area (Å²) in [5.74, 6) is 4.83. The quantitative estimate of drug-likeness (QED) is 0.839. The highest BCUT2D eigenvalue weighted by molar-refractivity contribution is 5.38. The molecule has 0 amide bonds. The second-order valence-corrected chi connectivity index (χ2v) is 6.21. The molecule has 1 saturated heterocycles. The molecule has 1 aromatic rings. The van der Waals surface area contributed by atoms with Gasteiger partial charge in [-0.3, -0.25) is 4.90 Å². The SMILES string of the molecule is CC1(C)CCN(Cc2ccc(F)c(C#CCO)c2)CC1. The van der Waals surface area contributed by atoms with E-state index in [1.165, 1.54) is 18.9 Å². The van der Waals surface area contributed by atoms with E-state index >= 15 is 0 Å². The van der Waals surface area contributed by atoms with Crippen LogP contribution in [0, 0.1) is 23.1 Å². The first-order valence-electron chi connectivity index (χ1n) is 7.11. The third-order valence-electron chi connectivity index (χ3n) is 3.95. The Morgan fingerprint density at radius 1 is 1.30 bits per heavy atom. The fraction of sp³-hybridized carbons (Fsp3) is 0.529. The number of likely N-dealkylation sites (tertiary alicyclic amines) is 1. The van der Waals surface area contributed by atoms with Gasteiger partial charge in [-0.25, -0.2) is 4.39 Å². The third-order valence-corrected chi connectivity index (χ3v) is 3.95. The summed E-state index contributed by atoms with van der Waals surface area (Å²) in [6.45, 7) is 7.38. The molecule has 1 heterocycles. The van der Waals surface area contributed by atoms with Crippen LogP contribution in [0.4, 0.5) is 4.39 Å². The lowest BCUT2D eigenvalue weighted by atomic mass is 9.82. The molecule has 2 rings (SSSR count). The lowest BCUT2D eigenvalue weighted by Crippen LogP contribution is -2.36. The Bertz CT molecular complexity index is 518. The molecule has 0 aliphatic carbocycles. The number of hydrogen-bond donors (Lipinski definition) is 1. The summed E-state index contributed by atoms with van der Waals surface area (Å²) in [6.07, 6.45) is 2.40. The van der Waals surface area contributed by atoms with Crippen LogP contribution < -0.4 is 0 Å². The van der Waals surface area contributed by atoms with Crippen molar-refractivity contribution in [2.24, 2.45) is 5.41 Å². The first-order valence-corrected chi connectivity index (χ1v) is 7.11. The van der Waals surface area contributed by atoms with Crippen LogP contribution in [0.15, 0.2) is 18.2 Å². The van der Waals surface area contributed by atoms with Crippen LogP contribution in [0.2, 0.25) is 0 Å². The van der Waals surface area contributed by atoms with Crippen molar-refractivity contribution in [3.8, 4) is 11.8 Å². The number of benzene rings is 1. The molecule has 1 aliphatic rings. The van der Waals surface area contributed by atoms with Crippen molar-refractivity contribution in [3.05, 3.63) is 35.1 Å². The fourth-order valence-corrected chi connectivity index (χ4v) is 2.48. The van der Waals surface area contributed by atoms with Crippen LogP contribution in [0.25, 0.3) is 0 Å². The predicted octanol–water partition coefficient (Wildman–Crippen LogP) is 2.79. The molecule has 0 unspecified atom stereocenters. The zero-order valence-electron chi connectivity index (χ0n) is 12.2. The van der Waals surface area contributed by atoms with Gasteiger partial charge in [0, 0.05) is 6.54 Å². The topological polar surface area (TPSA) is 23.5 Å². The van der Waals surface area contributed by atoms with Crippen LogP contribution >= 0.6 is 0 Å². The lowest BCUT2D eigenvalue weighted by molar-refractivity contribution is 0.127. The van der Waals surface area contributed by atoms with Crippen molar-refractivity contribution in [3.63, 3.8) is 0 Å². The summed E-state index contributed by atoms with van der Waals surface area (Å²) in [7, 11) is 0. The highest BCUT2D eigenvalue weighted by atomic mass is 19.1. The summed E-state index contributed by atoms with van der Waals surface area (Å²) < 4.78 is 13.6. The number of aliphatic hydroxyl groups is 1. The van der Waals surface area contributed by atoms with Crippen molar-refractivity contribution in [1.29, 1.82) is 0 Å². The molecule has 0 spiro atoms. The van der Waals surface area contributed by atoms with Gasteiger partial charge in [0.15, 0.2) is 0 Å². The molecule has 3 heteroatoms. The first kappa shape index (κ1) is 15.0. The Hall–Kier alpha value is -1.37.